The van der Waals surface area contributed by atoms with Crippen LogP contribution in [0.25, 0.3) is 11.1 Å². The first-order chi connectivity index (χ1) is 12.6. The second kappa shape index (κ2) is 8.17. The van der Waals surface area contributed by atoms with Crippen molar-refractivity contribution in [2.75, 3.05) is 6.61 Å². The van der Waals surface area contributed by atoms with Gasteiger partial charge in [0.05, 0.1) is 6.61 Å². The lowest BCUT2D eigenvalue weighted by Gasteiger charge is -2.12. The molecule has 0 bridgehead atoms. The van der Waals surface area contributed by atoms with Crippen LogP contribution in [0.4, 0.5) is 0 Å². The van der Waals surface area contributed by atoms with Crippen molar-refractivity contribution in [1.29, 1.82) is 0 Å². The lowest BCUT2D eigenvalue weighted by atomic mass is 10.00. The third kappa shape index (κ3) is 3.50. The molecule has 4 nitrogen and oxygen atoms in total. The second-order valence-electron chi connectivity index (χ2n) is 6.66. The van der Waals surface area contributed by atoms with Gasteiger partial charge in [-0.3, -0.25) is 4.79 Å². The van der Waals surface area contributed by atoms with Crippen LogP contribution in [-0.2, 0) is 0 Å². The Morgan fingerprint density at radius 2 is 1.62 bits per heavy atom. The SMILES string of the molecule is CCCCCCCCOc1ccc2c(c1C(=O)O)C(=O)c1ccccc1-2. The standard InChI is InChI=1S/C22H24O4/c1-2-3-4-5-6-9-14-26-18-13-12-16-15-10-7-8-11-17(15)21(23)19(16)20(18)22(24)25/h7-8,10-13H,2-6,9,14H2,1H3,(H,24,25). The summed E-state index contributed by atoms with van der Waals surface area (Å²) in [6.07, 6.45) is 6.80. The molecule has 0 heterocycles. The number of unbranched alkanes of at least 4 members (excludes halogenated alkanes) is 5. The molecular formula is C22H24O4. The summed E-state index contributed by atoms with van der Waals surface area (Å²) < 4.78 is 5.74. The molecule has 4 heteroatoms. The molecule has 1 aliphatic carbocycles. The van der Waals surface area contributed by atoms with Gasteiger partial charge in [0.15, 0.2) is 5.78 Å². The molecule has 0 fully saturated rings. The van der Waals surface area contributed by atoms with Crippen LogP contribution in [0.3, 0.4) is 0 Å². The van der Waals surface area contributed by atoms with Crippen LogP contribution in [0.15, 0.2) is 36.4 Å². The number of rotatable bonds is 9. The van der Waals surface area contributed by atoms with E-state index in [2.05, 4.69) is 6.92 Å². The zero-order valence-electron chi connectivity index (χ0n) is 15.1. The van der Waals surface area contributed by atoms with Gasteiger partial charge < -0.3 is 9.84 Å². The molecule has 1 N–H and O–H groups in total. The van der Waals surface area contributed by atoms with E-state index in [0.717, 1.165) is 18.4 Å². The highest BCUT2D eigenvalue weighted by molar-refractivity contribution is 6.25. The van der Waals surface area contributed by atoms with Crippen molar-refractivity contribution in [1.82, 2.24) is 0 Å². The van der Waals surface area contributed by atoms with Crippen LogP contribution >= 0.6 is 0 Å². The Morgan fingerprint density at radius 3 is 2.35 bits per heavy atom. The van der Waals surface area contributed by atoms with Crippen LogP contribution in [0.1, 0.15) is 71.7 Å². The predicted molar refractivity (Wildman–Crippen MR) is 101 cm³/mol. The maximum absolute atomic E-state index is 12.7. The molecule has 0 atom stereocenters. The highest BCUT2D eigenvalue weighted by Gasteiger charge is 2.33. The first-order valence-corrected chi connectivity index (χ1v) is 9.32. The third-order valence-corrected chi connectivity index (χ3v) is 4.83. The molecule has 0 unspecified atom stereocenters. The second-order valence-corrected chi connectivity index (χ2v) is 6.66. The van der Waals surface area contributed by atoms with E-state index in [1.807, 2.05) is 12.1 Å². The lowest BCUT2D eigenvalue weighted by Crippen LogP contribution is -2.10. The number of aromatic carboxylic acids is 1. The smallest absolute Gasteiger partial charge is 0.340 e. The average Bonchev–Trinajstić information content (AvgIpc) is 2.93. The quantitative estimate of drug-likeness (QED) is 0.528. The van der Waals surface area contributed by atoms with Gasteiger partial charge in [0, 0.05) is 11.1 Å². The highest BCUT2D eigenvalue weighted by Crippen LogP contribution is 2.41. The number of hydrogen-bond acceptors (Lipinski definition) is 3. The molecule has 0 spiro atoms. The minimum atomic E-state index is -1.12. The molecule has 0 radical (unpaired) electrons. The number of carbonyl (C=O) groups is 2. The van der Waals surface area contributed by atoms with Gasteiger partial charge >= 0.3 is 5.97 Å². The van der Waals surface area contributed by atoms with Gasteiger partial charge in [0.2, 0.25) is 0 Å². The molecule has 0 saturated heterocycles. The number of ketones is 1. The topological polar surface area (TPSA) is 63.6 Å². The summed E-state index contributed by atoms with van der Waals surface area (Å²) in [5, 5.41) is 9.69. The number of hydrogen-bond donors (Lipinski definition) is 1. The van der Waals surface area contributed by atoms with Crippen molar-refractivity contribution in [2.24, 2.45) is 0 Å². The Bertz CT molecular complexity index is 823. The van der Waals surface area contributed by atoms with Gasteiger partial charge in [-0.15, -0.1) is 0 Å². The minimum Gasteiger partial charge on any atom is -0.493 e. The number of ether oxygens (including phenoxy) is 1. The summed E-state index contributed by atoms with van der Waals surface area (Å²) in [5.74, 6) is -1.08. The number of benzene rings is 2. The summed E-state index contributed by atoms with van der Waals surface area (Å²) in [6, 6.07) is 10.7. The van der Waals surface area contributed by atoms with E-state index in [9.17, 15) is 14.7 Å². The highest BCUT2D eigenvalue weighted by atomic mass is 16.5. The maximum Gasteiger partial charge on any atom is 0.340 e. The average molecular weight is 352 g/mol. The van der Waals surface area contributed by atoms with Crippen molar-refractivity contribution < 1.29 is 19.4 Å². The van der Waals surface area contributed by atoms with Crippen LogP contribution in [0, 0.1) is 0 Å². The van der Waals surface area contributed by atoms with Gasteiger partial charge in [0.1, 0.15) is 11.3 Å². The summed E-state index contributed by atoms with van der Waals surface area (Å²) in [6.45, 7) is 2.65. The summed E-state index contributed by atoms with van der Waals surface area (Å²) in [7, 11) is 0. The minimum absolute atomic E-state index is 0.0188. The molecule has 0 amide bonds. The van der Waals surface area contributed by atoms with E-state index in [1.54, 1.807) is 24.3 Å². The Hall–Kier alpha value is -2.62. The third-order valence-electron chi connectivity index (χ3n) is 4.83. The predicted octanol–water partition coefficient (Wildman–Crippen LogP) is 5.34. The molecule has 1 aliphatic rings. The van der Waals surface area contributed by atoms with E-state index in [1.165, 1.54) is 25.7 Å². The van der Waals surface area contributed by atoms with Crippen LogP contribution in [0.5, 0.6) is 5.75 Å². The normalized spacial score (nSPS) is 12.0. The Kier molecular flexibility index (Phi) is 5.71. The van der Waals surface area contributed by atoms with Crippen molar-refractivity contribution in [3.05, 3.63) is 53.1 Å². The van der Waals surface area contributed by atoms with Gasteiger partial charge in [-0.1, -0.05) is 63.3 Å². The van der Waals surface area contributed by atoms with E-state index < -0.39 is 5.97 Å². The van der Waals surface area contributed by atoms with E-state index in [0.29, 0.717) is 17.7 Å². The Morgan fingerprint density at radius 1 is 0.923 bits per heavy atom. The number of carboxylic acids is 1. The monoisotopic (exact) mass is 352 g/mol. The van der Waals surface area contributed by atoms with Crippen LogP contribution in [0.2, 0.25) is 0 Å². The molecular weight excluding hydrogens is 328 g/mol. The molecule has 0 aliphatic heterocycles. The fourth-order valence-corrected chi connectivity index (χ4v) is 3.49. The number of fused-ring (bicyclic) bond motifs is 3. The number of carbonyl (C=O) groups excluding carboxylic acids is 1. The molecule has 0 saturated carbocycles. The van der Waals surface area contributed by atoms with Crippen molar-refractivity contribution in [3.8, 4) is 16.9 Å². The van der Waals surface area contributed by atoms with E-state index in [-0.39, 0.29) is 22.7 Å². The van der Waals surface area contributed by atoms with Gasteiger partial charge in [-0.25, -0.2) is 4.79 Å². The maximum atomic E-state index is 12.7. The van der Waals surface area contributed by atoms with Crippen molar-refractivity contribution in [3.63, 3.8) is 0 Å². The molecule has 2 aromatic rings. The molecule has 2 aromatic carbocycles. The van der Waals surface area contributed by atoms with E-state index in [4.69, 9.17) is 4.74 Å². The Balaban J connectivity index is 1.77. The first kappa shape index (κ1) is 18.2. The fraction of sp³-hybridized carbons (Fsp3) is 0.364. The van der Waals surface area contributed by atoms with Crippen molar-refractivity contribution >= 4 is 11.8 Å². The fourth-order valence-electron chi connectivity index (χ4n) is 3.49. The Labute approximate surface area is 153 Å². The zero-order chi connectivity index (χ0) is 18.5. The largest absolute Gasteiger partial charge is 0.493 e. The zero-order valence-corrected chi connectivity index (χ0v) is 15.1. The molecule has 26 heavy (non-hydrogen) atoms. The first-order valence-electron chi connectivity index (χ1n) is 9.32. The summed E-state index contributed by atoms with van der Waals surface area (Å²) in [5.41, 5.74) is 2.25. The van der Waals surface area contributed by atoms with E-state index >= 15 is 0 Å². The van der Waals surface area contributed by atoms with Gasteiger partial charge in [-0.2, -0.15) is 0 Å². The molecule has 0 aromatic heterocycles. The van der Waals surface area contributed by atoms with Gasteiger partial charge in [-0.05, 0) is 29.7 Å². The summed E-state index contributed by atoms with van der Waals surface area (Å²) >= 11 is 0. The molecule has 136 valence electrons. The summed E-state index contributed by atoms with van der Waals surface area (Å²) in [4.78, 5) is 24.6. The molecule has 3 rings (SSSR count). The van der Waals surface area contributed by atoms with Crippen LogP contribution in [-0.4, -0.2) is 23.5 Å². The lowest BCUT2D eigenvalue weighted by molar-refractivity contribution is 0.0688. The number of carboxylic acid groups (broad SMARTS) is 1. The van der Waals surface area contributed by atoms with Crippen LogP contribution < -0.4 is 4.74 Å². The van der Waals surface area contributed by atoms with Crippen molar-refractivity contribution in [2.45, 2.75) is 45.4 Å². The van der Waals surface area contributed by atoms with Gasteiger partial charge in [0.25, 0.3) is 0 Å².